The van der Waals surface area contributed by atoms with Gasteiger partial charge in [-0.2, -0.15) is 10.5 Å². The van der Waals surface area contributed by atoms with Crippen molar-refractivity contribution < 1.29 is 0 Å². The van der Waals surface area contributed by atoms with Crippen molar-refractivity contribution in [2.75, 3.05) is 0 Å². The van der Waals surface area contributed by atoms with E-state index in [-0.39, 0.29) is 11.1 Å². The molecule has 0 fully saturated rings. The van der Waals surface area contributed by atoms with E-state index in [4.69, 9.17) is 0 Å². The van der Waals surface area contributed by atoms with Crippen molar-refractivity contribution >= 4 is 109 Å². The van der Waals surface area contributed by atoms with E-state index in [0.717, 1.165) is 126 Å². The number of benzene rings is 11. The lowest BCUT2D eigenvalue weighted by atomic mass is 9.98. The van der Waals surface area contributed by atoms with Gasteiger partial charge in [-0.15, -0.1) is 0 Å². The maximum atomic E-state index is 12.3. The van der Waals surface area contributed by atoms with Gasteiger partial charge in [0.05, 0.1) is 89.0 Å². The lowest BCUT2D eigenvalue weighted by Crippen LogP contribution is -2.17. The molecule has 0 bridgehead atoms. The molecule has 346 valence electrons. The SMILES string of the molecule is N#Cc1c(C#N)c(-n2c3ccccc3c3ccccc32)c(-n2c3ccccc3c3cc4c(cc32)c2ccccc2n4-c2ccccc2)c(-n2c3ccccc3c3ccccc32)c1-n1c2ccccc2c2ccccc21. The van der Waals surface area contributed by atoms with Crippen LogP contribution in [0, 0.1) is 22.7 Å². The second-order valence-corrected chi connectivity index (χ2v) is 19.4. The summed E-state index contributed by atoms with van der Waals surface area (Å²) >= 11 is 0. The van der Waals surface area contributed by atoms with E-state index < -0.39 is 0 Å². The van der Waals surface area contributed by atoms with Crippen molar-refractivity contribution in [3.63, 3.8) is 0 Å². The number of hydrogen-bond donors (Lipinski definition) is 0. The Morgan fingerprint density at radius 1 is 0.213 bits per heavy atom. The Labute approximate surface area is 428 Å². The van der Waals surface area contributed by atoms with Crippen molar-refractivity contribution in [3.8, 4) is 40.6 Å². The highest BCUT2D eigenvalue weighted by molar-refractivity contribution is 6.21. The molecule has 5 heterocycles. The second kappa shape index (κ2) is 15.5. The highest BCUT2D eigenvalue weighted by Gasteiger charge is 2.35. The van der Waals surface area contributed by atoms with Crippen LogP contribution in [0.2, 0.25) is 0 Å². The predicted molar refractivity (Wildman–Crippen MR) is 308 cm³/mol. The first-order valence-electron chi connectivity index (χ1n) is 25.2. The summed E-state index contributed by atoms with van der Waals surface area (Å²) < 4.78 is 11.7. The van der Waals surface area contributed by atoms with Gasteiger partial charge in [-0.1, -0.05) is 164 Å². The Hall–Kier alpha value is -10.6. The third-order valence-corrected chi connectivity index (χ3v) is 15.7. The van der Waals surface area contributed by atoms with E-state index in [1.165, 1.54) is 0 Å². The molecule has 0 amide bonds. The molecule has 75 heavy (non-hydrogen) atoms. The molecular formula is C68H39N7. The molecule has 0 saturated carbocycles. The Bertz CT molecular complexity index is 5060. The molecule has 16 rings (SSSR count). The van der Waals surface area contributed by atoms with Crippen LogP contribution in [0.5, 0.6) is 0 Å². The summed E-state index contributed by atoms with van der Waals surface area (Å²) in [6, 6.07) is 89.0. The number of para-hydroxylation sites is 9. The van der Waals surface area contributed by atoms with Crippen LogP contribution >= 0.6 is 0 Å². The summed E-state index contributed by atoms with van der Waals surface area (Å²) in [4.78, 5) is 0. The van der Waals surface area contributed by atoms with Crippen LogP contribution in [0.1, 0.15) is 11.1 Å². The molecule has 0 saturated heterocycles. The summed E-state index contributed by atoms with van der Waals surface area (Å²) in [5.74, 6) is 0. The molecule has 11 aromatic carbocycles. The normalized spacial score (nSPS) is 12.0. The monoisotopic (exact) mass is 953 g/mol. The van der Waals surface area contributed by atoms with Crippen LogP contribution in [0.15, 0.2) is 237 Å². The highest BCUT2D eigenvalue weighted by Crippen LogP contribution is 2.50. The molecule has 0 aliphatic carbocycles. The fourth-order valence-corrected chi connectivity index (χ4v) is 12.8. The van der Waals surface area contributed by atoms with E-state index in [0.29, 0.717) is 11.4 Å². The number of nitriles is 2. The first-order chi connectivity index (χ1) is 37.2. The van der Waals surface area contributed by atoms with Gasteiger partial charge < -0.3 is 22.8 Å². The molecule has 0 radical (unpaired) electrons. The van der Waals surface area contributed by atoms with Crippen molar-refractivity contribution in [1.82, 2.24) is 22.8 Å². The van der Waals surface area contributed by atoms with Crippen molar-refractivity contribution in [3.05, 3.63) is 248 Å². The van der Waals surface area contributed by atoms with E-state index in [1.807, 2.05) is 0 Å². The van der Waals surface area contributed by atoms with Crippen molar-refractivity contribution in [1.29, 1.82) is 10.5 Å². The van der Waals surface area contributed by atoms with E-state index >= 15 is 0 Å². The van der Waals surface area contributed by atoms with Gasteiger partial charge in [-0.25, -0.2) is 0 Å². The summed E-state index contributed by atoms with van der Waals surface area (Å²) in [7, 11) is 0. The first-order valence-corrected chi connectivity index (χ1v) is 25.2. The van der Waals surface area contributed by atoms with Crippen LogP contribution in [-0.2, 0) is 0 Å². The fourth-order valence-electron chi connectivity index (χ4n) is 12.8. The number of rotatable bonds is 5. The number of fused-ring (bicyclic) bond motifs is 15. The van der Waals surface area contributed by atoms with Gasteiger partial charge in [0.2, 0.25) is 0 Å². The Morgan fingerprint density at radius 2 is 0.440 bits per heavy atom. The van der Waals surface area contributed by atoms with E-state index in [1.54, 1.807) is 0 Å². The van der Waals surface area contributed by atoms with Crippen LogP contribution in [0.4, 0.5) is 0 Å². The topological polar surface area (TPSA) is 72.2 Å². The van der Waals surface area contributed by atoms with Crippen LogP contribution < -0.4 is 0 Å². The number of hydrogen-bond acceptors (Lipinski definition) is 2. The van der Waals surface area contributed by atoms with Crippen molar-refractivity contribution in [2.45, 2.75) is 0 Å². The quantitative estimate of drug-likeness (QED) is 0.172. The summed E-state index contributed by atoms with van der Waals surface area (Å²) in [5, 5.41) is 35.1. The molecular weight excluding hydrogens is 915 g/mol. The summed E-state index contributed by atoms with van der Waals surface area (Å²) in [5.41, 5.74) is 14.1. The lowest BCUT2D eigenvalue weighted by molar-refractivity contribution is 1.01. The molecule has 7 nitrogen and oxygen atoms in total. The van der Waals surface area contributed by atoms with Crippen LogP contribution in [0.25, 0.3) is 137 Å². The van der Waals surface area contributed by atoms with Gasteiger partial charge in [-0.05, 0) is 72.8 Å². The smallest absolute Gasteiger partial charge is 0.103 e. The molecule has 7 heteroatoms. The number of aromatic nitrogens is 5. The van der Waals surface area contributed by atoms with Crippen LogP contribution in [-0.4, -0.2) is 22.8 Å². The number of nitrogens with zero attached hydrogens (tertiary/aromatic N) is 7. The second-order valence-electron chi connectivity index (χ2n) is 19.4. The Morgan fingerprint density at radius 3 is 0.747 bits per heavy atom. The molecule has 0 aliphatic heterocycles. The van der Waals surface area contributed by atoms with Gasteiger partial charge in [0.25, 0.3) is 0 Å². The Kier molecular flexibility index (Phi) is 8.46. The standard InChI is InChI=1S/C68H39N7/c69-40-53-54(41-70)66(73-58-33-15-6-24-45(58)46-25-7-16-34-59(46)73)68(75-62-37-19-11-29-50(62)52-38-63-51(39-64(52)75)49-28-10-12-30-55(49)71(63)42-20-2-1-3-21-42)67(74-60-35-17-8-26-47(60)48-27-9-18-36-61(48)74)65(53)72-56-31-13-4-22-43(56)44-23-5-14-32-57(44)72/h1-39H. The van der Waals surface area contributed by atoms with Gasteiger partial charge >= 0.3 is 0 Å². The zero-order valence-corrected chi connectivity index (χ0v) is 40.1. The molecule has 0 N–H and O–H groups in total. The molecule has 0 spiro atoms. The van der Waals surface area contributed by atoms with Gasteiger partial charge in [0, 0.05) is 59.5 Å². The predicted octanol–water partition coefficient (Wildman–Crippen LogP) is 16.9. The molecule has 0 aliphatic rings. The Balaban J connectivity index is 1.23. The summed E-state index contributed by atoms with van der Waals surface area (Å²) in [6.45, 7) is 0. The molecule has 16 aromatic rings. The van der Waals surface area contributed by atoms with Gasteiger partial charge in [0.15, 0.2) is 0 Å². The van der Waals surface area contributed by atoms with E-state index in [2.05, 4.69) is 272 Å². The van der Waals surface area contributed by atoms with Crippen molar-refractivity contribution in [2.24, 2.45) is 0 Å². The minimum Gasteiger partial charge on any atom is -0.309 e. The third-order valence-electron chi connectivity index (χ3n) is 15.7. The first kappa shape index (κ1) is 41.1. The van der Waals surface area contributed by atoms with E-state index in [9.17, 15) is 10.5 Å². The zero-order chi connectivity index (χ0) is 49.5. The molecule has 0 atom stereocenters. The largest absolute Gasteiger partial charge is 0.309 e. The fraction of sp³-hybridized carbons (Fsp3) is 0. The lowest BCUT2D eigenvalue weighted by Gasteiger charge is -2.27. The minimum atomic E-state index is 0.271. The zero-order valence-electron chi connectivity index (χ0n) is 40.1. The minimum absolute atomic E-state index is 0.271. The maximum absolute atomic E-state index is 12.3. The van der Waals surface area contributed by atoms with Gasteiger partial charge in [-0.3, -0.25) is 0 Å². The third kappa shape index (κ3) is 5.45. The van der Waals surface area contributed by atoms with Crippen LogP contribution in [0.3, 0.4) is 0 Å². The molecule has 0 unspecified atom stereocenters. The average molecular weight is 954 g/mol. The molecule has 5 aromatic heterocycles. The van der Waals surface area contributed by atoms with Gasteiger partial charge in [0.1, 0.15) is 12.1 Å². The summed E-state index contributed by atoms with van der Waals surface area (Å²) in [6.07, 6.45) is 0. The highest BCUT2D eigenvalue weighted by atomic mass is 15.1. The maximum Gasteiger partial charge on any atom is 0.103 e. The average Bonchev–Trinajstić information content (AvgIpc) is 4.36.